The Labute approximate surface area is 142 Å². The van der Waals surface area contributed by atoms with Gasteiger partial charge in [-0.3, -0.25) is 10.2 Å². The fourth-order valence-corrected chi connectivity index (χ4v) is 3.13. The van der Waals surface area contributed by atoms with Crippen LogP contribution >= 0.6 is 0 Å². The third kappa shape index (κ3) is 3.05. The van der Waals surface area contributed by atoms with E-state index in [0.717, 1.165) is 5.01 Å². The largest absolute Gasteiger partial charge is 0.409 e. The number of rotatable bonds is 2. The van der Waals surface area contributed by atoms with E-state index in [-0.39, 0.29) is 17.7 Å². The van der Waals surface area contributed by atoms with E-state index in [0.29, 0.717) is 10.8 Å². The zero-order valence-electron chi connectivity index (χ0n) is 13.7. The summed E-state index contributed by atoms with van der Waals surface area (Å²) >= 11 is 0. The number of benzene rings is 2. The van der Waals surface area contributed by atoms with Crippen LogP contribution in [0, 0.1) is 16.7 Å². The van der Waals surface area contributed by atoms with Crippen molar-refractivity contribution >= 4 is 16.7 Å². The van der Waals surface area contributed by atoms with Gasteiger partial charge in [-0.25, -0.2) is 5.01 Å². The Morgan fingerprint density at radius 3 is 2.52 bits per heavy atom. The van der Waals surface area contributed by atoms with E-state index < -0.39 is 23.5 Å². The number of carbonyl (C=O) groups is 1. The van der Waals surface area contributed by atoms with Crippen LogP contribution in [0.4, 0.5) is 13.2 Å². The maximum atomic E-state index is 13.9. The van der Waals surface area contributed by atoms with Crippen LogP contribution in [0.3, 0.4) is 0 Å². The SMILES string of the molecule is CC1(C)CN(C(c2cc(C#N)cc3ccccc23)C(F)(F)F)NC1=O. The third-order valence-electron chi connectivity index (χ3n) is 4.36. The Kier molecular flexibility index (Phi) is 3.96. The number of nitriles is 1. The molecule has 1 unspecified atom stereocenters. The lowest BCUT2D eigenvalue weighted by Gasteiger charge is -2.30. The van der Waals surface area contributed by atoms with Crippen molar-refractivity contribution in [3.63, 3.8) is 0 Å². The van der Waals surface area contributed by atoms with Crippen LogP contribution < -0.4 is 5.43 Å². The van der Waals surface area contributed by atoms with Crippen LogP contribution in [0.2, 0.25) is 0 Å². The topological polar surface area (TPSA) is 56.1 Å². The zero-order chi connectivity index (χ0) is 18.4. The summed E-state index contributed by atoms with van der Waals surface area (Å²) in [5.74, 6) is -0.456. The molecular formula is C18H16F3N3O. The van der Waals surface area contributed by atoms with E-state index in [4.69, 9.17) is 0 Å². The highest BCUT2D eigenvalue weighted by molar-refractivity contribution is 5.88. The lowest BCUT2D eigenvalue weighted by Crippen LogP contribution is -2.43. The van der Waals surface area contributed by atoms with Crippen molar-refractivity contribution in [1.29, 1.82) is 5.26 Å². The van der Waals surface area contributed by atoms with E-state index in [1.807, 2.05) is 6.07 Å². The molecule has 0 spiro atoms. The van der Waals surface area contributed by atoms with Crippen LogP contribution in [-0.2, 0) is 4.79 Å². The first-order valence-electron chi connectivity index (χ1n) is 7.71. The molecule has 0 bridgehead atoms. The average molecular weight is 347 g/mol. The van der Waals surface area contributed by atoms with Gasteiger partial charge in [-0.05, 0) is 42.3 Å². The van der Waals surface area contributed by atoms with Gasteiger partial charge in [0, 0.05) is 6.54 Å². The van der Waals surface area contributed by atoms with Gasteiger partial charge < -0.3 is 0 Å². The summed E-state index contributed by atoms with van der Waals surface area (Å²) in [7, 11) is 0. The Morgan fingerprint density at radius 1 is 1.28 bits per heavy atom. The molecule has 1 aliphatic heterocycles. The quantitative estimate of drug-likeness (QED) is 0.901. The molecule has 3 rings (SSSR count). The number of hydrogen-bond acceptors (Lipinski definition) is 3. The number of nitrogens with zero attached hydrogens (tertiary/aromatic N) is 2. The first-order valence-corrected chi connectivity index (χ1v) is 7.71. The number of carbonyl (C=O) groups excluding carboxylic acids is 1. The summed E-state index contributed by atoms with van der Waals surface area (Å²) in [6.45, 7) is 3.11. The van der Waals surface area contributed by atoms with E-state index in [1.54, 1.807) is 44.2 Å². The lowest BCUT2D eigenvalue weighted by atomic mass is 9.92. The molecule has 0 aromatic heterocycles. The van der Waals surface area contributed by atoms with E-state index in [2.05, 4.69) is 5.43 Å². The predicted molar refractivity (Wildman–Crippen MR) is 86.1 cm³/mol. The van der Waals surface area contributed by atoms with Gasteiger partial charge in [0.25, 0.3) is 0 Å². The fourth-order valence-electron chi connectivity index (χ4n) is 3.13. The molecule has 7 heteroatoms. The fraction of sp³-hybridized carbons (Fsp3) is 0.333. The number of fused-ring (bicyclic) bond motifs is 1. The standard InChI is InChI=1S/C18H16F3N3O/c1-17(2)10-24(23-16(17)25)15(18(19,20)21)14-8-11(9-22)7-12-5-3-4-6-13(12)14/h3-8,15H,10H2,1-2H3,(H,23,25). The number of nitrogens with one attached hydrogen (secondary N) is 1. The van der Waals surface area contributed by atoms with E-state index in [9.17, 15) is 23.2 Å². The van der Waals surface area contributed by atoms with Gasteiger partial charge in [0.2, 0.25) is 5.91 Å². The molecule has 0 aliphatic carbocycles. The molecule has 1 N–H and O–H groups in total. The van der Waals surface area contributed by atoms with Gasteiger partial charge in [-0.1, -0.05) is 24.3 Å². The minimum absolute atomic E-state index is 0.0415. The Hall–Kier alpha value is -2.59. The number of hydrazine groups is 1. The summed E-state index contributed by atoms with van der Waals surface area (Å²) in [6.07, 6.45) is -4.62. The van der Waals surface area contributed by atoms with Crippen molar-refractivity contribution in [2.24, 2.45) is 5.41 Å². The summed E-state index contributed by atoms with van der Waals surface area (Å²) in [5, 5.41) is 11.1. The number of halogens is 3. The minimum Gasteiger partial charge on any atom is -0.287 e. The Morgan fingerprint density at radius 2 is 1.96 bits per heavy atom. The molecule has 1 saturated heterocycles. The summed E-state index contributed by atoms with van der Waals surface area (Å²) in [4.78, 5) is 12.0. The maximum Gasteiger partial charge on any atom is 0.409 e. The number of alkyl halides is 3. The van der Waals surface area contributed by atoms with Crippen LogP contribution in [0.25, 0.3) is 10.8 Å². The van der Waals surface area contributed by atoms with Crippen LogP contribution in [0.15, 0.2) is 36.4 Å². The van der Waals surface area contributed by atoms with Gasteiger partial charge in [0.15, 0.2) is 6.04 Å². The normalized spacial score (nSPS) is 18.8. The van der Waals surface area contributed by atoms with Crippen molar-refractivity contribution < 1.29 is 18.0 Å². The molecule has 1 atom stereocenters. The molecule has 2 aromatic rings. The summed E-state index contributed by atoms with van der Waals surface area (Å²) < 4.78 is 41.8. The molecule has 0 saturated carbocycles. The second-order valence-corrected chi connectivity index (χ2v) is 6.80. The third-order valence-corrected chi connectivity index (χ3v) is 4.36. The molecule has 25 heavy (non-hydrogen) atoms. The first-order chi connectivity index (χ1) is 11.6. The molecule has 130 valence electrons. The second kappa shape index (κ2) is 5.74. The molecule has 1 fully saturated rings. The van der Waals surface area contributed by atoms with Crippen molar-refractivity contribution in [3.8, 4) is 6.07 Å². The zero-order valence-corrected chi connectivity index (χ0v) is 13.7. The van der Waals surface area contributed by atoms with E-state index in [1.165, 1.54) is 6.07 Å². The Balaban J connectivity index is 2.21. The highest BCUT2D eigenvalue weighted by Crippen LogP contribution is 2.43. The average Bonchev–Trinajstić information content (AvgIpc) is 2.78. The minimum atomic E-state index is -4.62. The highest BCUT2D eigenvalue weighted by atomic mass is 19.4. The van der Waals surface area contributed by atoms with Crippen molar-refractivity contribution in [2.75, 3.05) is 6.54 Å². The molecule has 1 heterocycles. The molecular weight excluding hydrogens is 331 g/mol. The number of hydrogen-bond donors (Lipinski definition) is 1. The smallest absolute Gasteiger partial charge is 0.287 e. The lowest BCUT2D eigenvalue weighted by molar-refractivity contribution is -0.191. The van der Waals surface area contributed by atoms with Gasteiger partial charge in [-0.2, -0.15) is 18.4 Å². The van der Waals surface area contributed by atoms with Gasteiger partial charge in [-0.15, -0.1) is 0 Å². The number of amides is 1. The highest BCUT2D eigenvalue weighted by Gasteiger charge is 2.51. The second-order valence-electron chi connectivity index (χ2n) is 6.80. The predicted octanol–water partition coefficient (Wildman–Crippen LogP) is 3.69. The summed E-state index contributed by atoms with van der Waals surface area (Å²) in [6, 6.07) is 9.29. The maximum absolute atomic E-state index is 13.9. The van der Waals surface area contributed by atoms with Crippen LogP contribution in [0.1, 0.15) is 31.0 Å². The summed E-state index contributed by atoms with van der Waals surface area (Å²) in [5.41, 5.74) is 1.52. The van der Waals surface area contributed by atoms with Gasteiger partial charge in [0.1, 0.15) is 0 Å². The molecule has 0 radical (unpaired) electrons. The van der Waals surface area contributed by atoms with Crippen molar-refractivity contribution in [1.82, 2.24) is 10.4 Å². The molecule has 1 amide bonds. The van der Waals surface area contributed by atoms with E-state index >= 15 is 0 Å². The van der Waals surface area contributed by atoms with Crippen LogP contribution in [-0.4, -0.2) is 23.6 Å². The molecule has 4 nitrogen and oxygen atoms in total. The van der Waals surface area contributed by atoms with Crippen LogP contribution in [0.5, 0.6) is 0 Å². The van der Waals surface area contributed by atoms with Gasteiger partial charge >= 0.3 is 6.18 Å². The monoisotopic (exact) mass is 347 g/mol. The van der Waals surface area contributed by atoms with Crippen molar-refractivity contribution in [2.45, 2.75) is 26.1 Å². The molecule has 1 aliphatic rings. The Bertz CT molecular complexity index is 883. The van der Waals surface area contributed by atoms with Gasteiger partial charge in [0.05, 0.1) is 17.0 Å². The first kappa shape index (κ1) is 17.2. The van der Waals surface area contributed by atoms with Crippen molar-refractivity contribution in [3.05, 3.63) is 47.5 Å². The molecule has 2 aromatic carbocycles.